The first-order valence-corrected chi connectivity index (χ1v) is 4.44. The van der Waals surface area contributed by atoms with Crippen LogP contribution < -0.4 is 5.32 Å². The Morgan fingerprint density at radius 3 is 3.10 bits per heavy atom. The van der Waals surface area contributed by atoms with Gasteiger partial charge in [-0.15, -0.1) is 0 Å². The Bertz CT molecular complexity index is 127. The van der Waals surface area contributed by atoms with E-state index < -0.39 is 0 Å². The molecule has 2 aliphatic rings. The molecule has 0 aromatic carbocycles. The summed E-state index contributed by atoms with van der Waals surface area (Å²) in [5.41, 5.74) is 0. The summed E-state index contributed by atoms with van der Waals surface area (Å²) in [4.78, 5) is 0. The van der Waals surface area contributed by atoms with E-state index in [1.807, 2.05) is 0 Å². The molecule has 0 radical (unpaired) electrons. The van der Waals surface area contributed by atoms with E-state index in [4.69, 9.17) is 0 Å². The Morgan fingerprint density at radius 1 is 1.40 bits per heavy atom. The van der Waals surface area contributed by atoms with Gasteiger partial charge in [0, 0.05) is 19.1 Å². The first-order chi connectivity index (χ1) is 4.88. The van der Waals surface area contributed by atoms with Gasteiger partial charge in [-0.2, -0.15) is 0 Å². The van der Waals surface area contributed by atoms with Crippen LogP contribution in [0.1, 0.15) is 12.8 Å². The van der Waals surface area contributed by atoms with E-state index in [0.29, 0.717) is 0 Å². The van der Waals surface area contributed by atoms with Crippen LogP contribution in [-0.4, -0.2) is 30.0 Å². The van der Waals surface area contributed by atoms with Gasteiger partial charge in [0.25, 0.3) is 0 Å². The van der Waals surface area contributed by atoms with Crippen molar-refractivity contribution in [3.63, 3.8) is 0 Å². The summed E-state index contributed by atoms with van der Waals surface area (Å²) in [6, 6.07) is 0.720. The maximum absolute atomic E-state index is 4.41. The van der Waals surface area contributed by atoms with Crippen molar-refractivity contribution < 1.29 is 0 Å². The summed E-state index contributed by atoms with van der Waals surface area (Å²) in [6.45, 7) is 3.54. The van der Waals surface area contributed by atoms with Crippen molar-refractivity contribution >= 4 is 12.8 Å². The highest BCUT2D eigenvalue weighted by Gasteiger charge is 2.33. The smallest absolute Gasteiger partial charge is 0.0354 e. The molecule has 2 rings (SSSR count). The van der Waals surface area contributed by atoms with Gasteiger partial charge < -0.3 is 5.32 Å². The van der Waals surface area contributed by atoms with Gasteiger partial charge in [-0.25, -0.2) is 4.31 Å². The zero-order valence-electron chi connectivity index (χ0n) is 6.08. The Morgan fingerprint density at radius 2 is 2.30 bits per heavy atom. The van der Waals surface area contributed by atoms with E-state index in [0.717, 1.165) is 18.5 Å². The van der Waals surface area contributed by atoms with E-state index in [1.54, 1.807) is 0 Å². The minimum Gasteiger partial charge on any atom is -0.315 e. The number of hydrogen-bond acceptors (Lipinski definition) is 3. The molecular weight excluding hydrogens is 144 g/mol. The highest BCUT2D eigenvalue weighted by molar-refractivity contribution is 7.77. The molecule has 0 aliphatic carbocycles. The van der Waals surface area contributed by atoms with Crippen LogP contribution >= 0.6 is 12.8 Å². The molecule has 2 aliphatic heterocycles. The zero-order valence-corrected chi connectivity index (χ0v) is 6.98. The first-order valence-electron chi connectivity index (χ1n) is 4.04. The summed E-state index contributed by atoms with van der Waals surface area (Å²) < 4.78 is 2.19. The molecule has 2 nitrogen and oxygen atoms in total. The van der Waals surface area contributed by atoms with Gasteiger partial charge in [0.2, 0.25) is 0 Å². The molecule has 0 bridgehead atoms. The Balaban J connectivity index is 2.01. The fourth-order valence-corrected chi connectivity index (χ4v) is 2.43. The Labute approximate surface area is 67.5 Å². The third kappa shape index (κ3) is 1.06. The molecule has 3 heteroatoms. The molecule has 1 N–H and O–H groups in total. The monoisotopic (exact) mass is 158 g/mol. The minimum atomic E-state index is 0.720. The lowest BCUT2D eigenvalue weighted by atomic mass is 9.94. The number of nitrogens with one attached hydrogen (secondary N) is 1. The lowest BCUT2D eigenvalue weighted by Gasteiger charge is -2.28. The maximum Gasteiger partial charge on any atom is 0.0354 e. The third-order valence-corrected chi connectivity index (χ3v) is 3.20. The van der Waals surface area contributed by atoms with Crippen molar-refractivity contribution in [1.29, 1.82) is 0 Å². The number of thiol groups is 1. The second kappa shape index (κ2) is 2.72. The van der Waals surface area contributed by atoms with Gasteiger partial charge in [-0.3, -0.25) is 0 Å². The highest BCUT2D eigenvalue weighted by Crippen LogP contribution is 2.29. The Kier molecular flexibility index (Phi) is 1.89. The van der Waals surface area contributed by atoms with E-state index in [9.17, 15) is 0 Å². The number of rotatable bonds is 0. The van der Waals surface area contributed by atoms with E-state index >= 15 is 0 Å². The van der Waals surface area contributed by atoms with Crippen molar-refractivity contribution in [2.24, 2.45) is 5.92 Å². The molecular formula is C7H14N2S. The van der Waals surface area contributed by atoms with Crippen LogP contribution in [0, 0.1) is 5.92 Å². The van der Waals surface area contributed by atoms with Gasteiger partial charge in [-0.05, 0) is 25.3 Å². The molecule has 2 atom stereocenters. The van der Waals surface area contributed by atoms with Crippen LogP contribution in [0.25, 0.3) is 0 Å². The van der Waals surface area contributed by atoms with Gasteiger partial charge in [0.05, 0.1) is 0 Å². The fourth-order valence-electron chi connectivity index (χ4n) is 2.05. The van der Waals surface area contributed by atoms with Crippen LogP contribution in [0.5, 0.6) is 0 Å². The summed E-state index contributed by atoms with van der Waals surface area (Å²) in [6.07, 6.45) is 2.71. The summed E-state index contributed by atoms with van der Waals surface area (Å²) in [7, 11) is 0. The van der Waals surface area contributed by atoms with E-state index in [2.05, 4.69) is 22.4 Å². The second-order valence-electron chi connectivity index (χ2n) is 3.27. The van der Waals surface area contributed by atoms with Gasteiger partial charge in [-0.1, -0.05) is 12.8 Å². The predicted octanol–water partition coefficient (Wildman–Crippen LogP) is 0.515. The van der Waals surface area contributed by atoms with E-state index in [1.165, 1.54) is 25.9 Å². The number of hydrogen-bond donors (Lipinski definition) is 2. The first kappa shape index (κ1) is 6.95. The van der Waals surface area contributed by atoms with Crippen LogP contribution in [0.3, 0.4) is 0 Å². The fraction of sp³-hybridized carbons (Fsp3) is 1.00. The lowest BCUT2D eigenvalue weighted by molar-refractivity contribution is 0.291. The van der Waals surface area contributed by atoms with Crippen molar-refractivity contribution in [1.82, 2.24) is 9.62 Å². The molecule has 0 amide bonds. The predicted molar refractivity (Wildman–Crippen MR) is 45.1 cm³/mol. The Hall–Kier alpha value is 0.270. The second-order valence-corrected chi connectivity index (χ2v) is 3.79. The van der Waals surface area contributed by atoms with E-state index in [-0.39, 0.29) is 0 Å². The average molecular weight is 158 g/mol. The molecule has 0 aromatic rings. The molecule has 0 spiro atoms. The SMILES string of the molecule is SN1CCC2CCNCC21. The number of nitrogens with zero attached hydrogens (tertiary/aromatic N) is 1. The zero-order chi connectivity index (χ0) is 6.97. The molecule has 2 saturated heterocycles. The van der Waals surface area contributed by atoms with Crippen LogP contribution in [0.2, 0.25) is 0 Å². The molecule has 10 heavy (non-hydrogen) atoms. The normalized spacial score (nSPS) is 41.7. The van der Waals surface area contributed by atoms with Crippen LogP contribution in [0.15, 0.2) is 0 Å². The van der Waals surface area contributed by atoms with Gasteiger partial charge >= 0.3 is 0 Å². The number of piperidine rings is 1. The summed E-state index contributed by atoms with van der Waals surface area (Å²) >= 11 is 4.41. The standard InChI is InChI=1S/C7H14N2S/c10-9-4-2-6-1-3-8-5-7(6)9/h6-8,10H,1-5H2. The van der Waals surface area contributed by atoms with Crippen molar-refractivity contribution in [2.75, 3.05) is 19.6 Å². The largest absolute Gasteiger partial charge is 0.315 e. The third-order valence-electron chi connectivity index (χ3n) is 2.70. The lowest BCUT2D eigenvalue weighted by Crippen LogP contribution is -2.42. The molecule has 2 heterocycles. The quantitative estimate of drug-likeness (QED) is 0.500. The van der Waals surface area contributed by atoms with Crippen LogP contribution in [-0.2, 0) is 0 Å². The van der Waals surface area contributed by atoms with Crippen LogP contribution in [0.4, 0.5) is 0 Å². The molecule has 2 fully saturated rings. The average Bonchev–Trinajstić information content (AvgIpc) is 2.34. The van der Waals surface area contributed by atoms with Crippen molar-refractivity contribution in [2.45, 2.75) is 18.9 Å². The highest BCUT2D eigenvalue weighted by atomic mass is 32.1. The number of fused-ring (bicyclic) bond motifs is 1. The van der Waals surface area contributed by atoms with Crippen molar-refractivity contribution in [3.05, 3.63) is 0 Å². The molecule has 0 aromatic heterocycles. The topological polar surface area (TPSA) is 15.3 Å². The van der Waals surface area contributed by atoms with Crippen molar-refractivity contribution in [3.8, 4) is 0 Å². The minimum absolute atomic E-state index is 0.720. The maximum atomic E-state index is 4.41. The summed E-state index contributed by atoms with van der Waals surface area (Å²) in [5, 5.41) is 3.40. The summed E-state index contributed by atoms with van der Waals surface area (Å²) in [5.74, 6) is 0.929. The van der Waals surface area contributed by atoms with Gasteiger partial charge in [0.1, 0.15) is 0 Å². The molecule has 0 saturated carbocycles. The molecule has 2 unspecified atom stereocenters. The molecule has 58 valence electrons. The van der Waals surface area contributed by atoms with Gasteiger partial charge in [0.15, 0.2) is 0 Å².